The number of hydrogen-bond acceptors (Lipinski definition) is 5. The second-order valence-corrected chi connectivity index (χ2v) is 10.2. The van der Waals surface area contributed by atoms with Crippen molar-refractivity contribution < 1.29 is 13.2 Å². The fraction of sp³-hybridized carbons (Fsp3) is 0.208. The lowest BCUT2D eigenvalue weighted by molar-refractivity contribution is 0.102. The largest absolute Gasteiger partial charge is 0.316 e. The Morgan fingerprint density at radius 1 is 1.00 bits per heavy atom. The number of rotatable bonds is 6. The fourth-order valence-electron chi connectivity index (χ4n) is 3.84. The molecule has 0 aliphatic rings. The Morgan fingerprint density at radius 3 is 2.26 bits per heavy atom. The third kappa shape index (κ3) is 4.14. The molecule has 35 heavy (non-hydrogen) atoms. The van der Waals surface area contributed by atoms with Gasteiger partial charge in [0.25, 0.3) is 21.5 Å². The van der Waals surface area contributed by atoms with E-state index in [-0.39, 0.29) is 22.0 Å². The summed E-state index contributed by atoms with van der Waals surface area (Å²) in [4.78, 5) is 26.5. The van der Waals surface area contributed by atoms with E-state index in [0.717, 1.165) is 9.87 Å². The highest BCUT2D eigenvalue weighted by Gasteiger charge is 2.29. The van der Waals surface area contributed by atoms with Crippen LogP contribution in [0.3, 0.4) is 0 Å². The van der Waals surface area contributed by atoms with E-state index in [0.29, 0.717) is 11.4 Å². The molecule has 1 amide bonds. The summed E-state index contributed by atoms with van der Waals surface area (Å²) in [6.07, 6.45) is 1.28. The van der Waals surface area contributed by atoms with Crippen LogP contribution in [0.25, 0.3) is 5.69 Å². The zero-order chi connectivity index (χ0) is 25.5. The van der Waals surface area contributed by atoms with Crippen LogP contribution in [0.5, 0.6) is 0 Å². The lowest BCUT2D eigenvalue weighted by Gasteiger charge is -2.21. The number of para-hydroxylation sites is 1. The molecule has 2 aromatic carbocycles. The number of nitrogens with zero attached hydrogens (tertiary/aromatic N) is 5. The number of hydrogen-bond donors (Lipinski definition) is 1. The average Bonchev–Trinajstić information content (AvgIpc) is 3.32. The quantitative estimate of drug-likeness (QED) is 0.443. The molecule has 0 radical (unpaired) electrons. The predicted octanol–water partition coefficient (Wildman–Crippen LogP) is 2.60. The number of carbonyl (C=O) groups excluding carboxylic acids is 1. The molecule has 0 bridgehead atoms. The van der Waals surface area contributed by atoms with E-state index in [4.69, 9.17) is 0 Å². The number of aryl methyl sites for hydroxylation is 2. The number of anilines is 2. The number of aromatic nitrogens is 4. The Kier molecular flexibility index (Phi) is 6.12. The maximum absolute atomic E-state index is 13.3. The first-order valence-corrected chi connectivity index (χ1v) is 12.2. The molecule has 0 aliphatic heterocycles. The second-order valence-electron chi connectivity index (χ2n) is 8.18. The van der Waals surface area contributed by atoms with Crippen LogP contribution in [0.2, 0.25) is 0 Å². The van der Waals surface area contributed by atoms with Gasteiger partial charge in [0.1, 0.15) is 11.3 Å². The molecule has 2 aromatic heterocycles. The molecule has 10 nitrogen and oxygen atoms in total. The molecule has 1 N–H and O–H groups in total. The minimum Gasteiger partial charge on any atom is -0.316 e. The van der Waals surface area contributed by atoms with Crippen LogP contribution in [0.1, 0.15) is 21.6 Å². The van der Waals surface area contributed by atoms with Gasteiger partial charge in [-0.1, -0.05) is 35.9 Å². The van der Waals surface area contributed by atoms with Gasteiger partial charge in [-0.05, 0) is 38.1 Å². The van der Waals surface area contributed by atoms with Gasteiger partial charge in [0, 0.05) is 21.1 Å². The average molecular weight is 495 g/mol. The van der Waals surface area contributed by atoms with E-state index in [1.165, 1.54) is 34.7 Å². The minimum atomic E-state index is -3.96. The third-order valence-corrected chi connectivity index (χ3v) is 7.68. The summed E-state index contributed by atoms with van der Waals surface area (Å²) in [6, 6.07) is 15.5. The second kappa shape index (κ2) is 8.91. The zero-order valence-electron chi connectivity index (χ0n) is 20.1. The predicted molar refractivity (Wildman–Crippen MR) is 134 cm³/mol. The Hall–Kier alpha value is -4.12. The fourth-order valence-corrected chi connectivity index (χ4v) is 5.08. The molecule has 0 unspecified atom stereocenters. The maximum atomic E-state index is 13.3. The molecular weight excluding hydrogens is 468 g/mol. The van der Waals surface area contributed by atoms with Gasteiger partial charge in [0.05, 0.1) is 22.5 Å². The molecular formula is C24H26N6O4S. The van der Waals surface area contributed by atoms with Crippen LogP contribution in [0.4, 0.5) is 11.5 Å². The maximum Gasteiger partial charge on any atom is 0.295 e. The van der Waals surface area contributed by atoms with Crippen molar-refractivity contribution in [2.45, 2.75) is 18.7 Å². The van der Waals surface area contributed by atoms with Crippen LogP contribution in [-0.2, 0) is 24.1 Å². The molecule has 11 heteroatoms. The Labute approximate surface area is 203 Å². The van der Waals surface area contributed by atoms with Crippen molar-refractivity contribution in [1.82, 2.24) is 19.1 Å². The Bertz CT molecular complexity index is 1560. The standard InChI is InChI=1S/C24H26N6O4S/c1-16-11-13-19(14-12-16)35(33,34)29(5)23-20(15-25-27(23)3)22(31)26-21-17(2)28(4)30(24(21)32)18-9-7-6-8-10-18/h6-15H,1-5H3,(H,26,31). The lowest BCUT2D eigenvalue weighted by Crippen LogP contribution is -2.30. The highest BCUT2D eigenvalue weighted by molar-refractivity contribution is 7.92. The van der Waals surface area contributed by atoms with Crippen molar-refractivity contribution in [2.75, 3.05) is 16.7 Å². The van der Waals surface area contributed by atoms with E-state index < -0.39 is 21.5 Å². The van der Waals surface area contributed by atoms with Crippen molar-refractivity contribution >= 4 is 27.4 Å². The highest BCUT2D eigenvalue weighted by atomic mass is 32.2. The molecule has 0 aliphatic carbocycles. The van der Waals surface area contributed by atoms with Gasteiger partial charge in [0.15, 0.2) is 5.82 Å². The van der Waals surface area contributed by atoms with Crippen molar-refractivity contribution in [3.63, 3.8) is 0 Å². The molecule has 4 rings (SSSR count). The molecule has 182 valence electrons. The first-order valence-electron chi connectivity index (χ1n) is 10.8. The van der Waals surface area contributed by atoms with Gasteiger partial charge < -0.3 is 5.32 Å². The van der Waals surface area contributed by atoms with E-state index >= 15 is 0 Å². The molecule has 0 saturated carbocycles. The smallest absolute Gasteiger partial charge is 0.295 e. The van der Waals surface area contributed by atoms with E-state index in [2.05, 4.69) is 10.4 Å². The normalized spacial score (nSPS) is 11.5. The summed E-state index contributed by atoms with van der Waals surface area (Å²) in [5.74, 6) is -0.579. The first kappa shape index (κ1) is 24.0. The van der Waals surface area contributed by atoms with Gasteiger partial charge >= 0.3 is 0 Å². The SMILES string of the molecule is Cc1ccc(S(=O)(=O)N(C)c2c(C(=O)Nc3c(C)n(C)n(-c4ccccc4)c3=O)cnn2C)cc1. The molecule has 0 saturated heterocycles. The Morgan fingerprint density at radius 2 is 1.63 bits per heavy atom. The summed E-state index contributed by atoms with van der Waals surface area (Å²) in [6.45, 7) is 3.58. The summed E-state index contributed by atoms with van der Waals surface area (Å²) >= 11 is 0. The van der Waals surface area contributed by atoms with Gasteiger partial charge in [-0.25, -0.2) is 13.1 Å². The van der Waals surface area contributed by atoms with Crippen molar-refractivity contribution in [2.24, 2.45) is 14.1 Å². The zero-order valence-corrected chi connectivity index (χ0v) is 20.9. The van der Waals surface area contributed by atoms with Crippen LogP contribution in [0, 0.1) is 13.8 Å². The molecule has 0 spiro atoms. The third-order valence-electron chi connectivity index (χ3n) is 5.92. The summed E-state index contributed by atoms with van der Waals surface area (Å²) in [7, 11) is 0.662. The molecule has 0 fully saturated rings. The Balaban J connectivity index is 1.71. The van der Waals surface area contributed by atoms with Gasteiger partial charge in [-0.2, -0.15) is 5.10 Å². The molecule has 4 aromatic rings. The number of benzene rings is 2. The first-order chi connectivity index (χ1) is 16.5. The molecule has 0 atom stereocenters. The van der Waals surface area contributed by atoms with E-state index in [9.17, 15) is 18.0 Å². The number of carbonyl (C=O) groups is 1. The van der Waals surface area contributed by atoms with Crippen molar-refractivity contribution in [3.8, 4) is 5.69 Å². The van der Waals surface area contributed by atoms with Gasteiger partial charge in [-0.15, -0.1) is 0 Å². The highest BCUT2D eigenvalue weighted by Crippen LogP contribution is 2.26. The van der Waals surface area contributed by atoms with Crippen molar-refractivity contribution in [1.29, 1.82) is 0 Å². The van der Waals surface area contributed by atoms with Crippen LogP contribution < -0.4 is 15.2 Å². The number of amides is 1. The molecule has 2 heterocycles. The summed E-state index contributed by atoms with van der Waals surface area (Å²) < 4.78 is 31.9. The number of sulfonamides is 1. The van der Waals surface area contributed by atoms with E-state index in [1.807, 2.05) is 25.1 Å². The van der Waals surface area contributed by atoms with Crippen molar-refractivity contribution in [3.05, 3.63) is 88.0 Å². The van der Waals surface area contributed by atoms with Gasteiger partial charge in [-0.3, -0.25) is 23.3 Å². The van der Waals surface area contributed by atoms with Crippen LogP contribution in [0.15, 0.2) is 70.5 Å². The van der Waals surface area contributed by atoms with Crippen LogP contribution >= 0.6 is 0 Å². The summed E-state index contributed by atoms with van der Waals surface area (Å²) in [5.41, 5.74) is 1.81. The van der Waals surface area contributed by atoms with E-state index in [1.54, 1.807) is 50.0 Å². The number of nitrogens with one attached hydrogen (secondary N) is 1. The lowest BCUT2D eigenvalue weighted by atomic mass is 10.2. The minimum absolute atomic E-state index is 0.0135. The monoisotopic (exact) mass is 494 g/mol. The topological polar surface area (TPSA) is 111 Å². The van der Waals surface area contributed by atoms with Crippen LogP contribution in [-0.4, -0.2) is 40.5 Å². The van der Waals surface area contributed by atoms with Gasteiger partial charge in [0.2, 0.25) is 0 Å². The summed E-state index contributed by atoms with van der Waals surface area (Å²) in [5, 5.41) is 6.76.